The predicted octanol–water partition coefficient (Wildman–Crippen LogP) is 4.93. The molecule has 4 rings (SSSR count). The minimum absolute atomic E-state index is 0.212. The number of pyridine rings is 1. The molecule has 0 saturated carbocycles. The third-order valence-electron chi connectivity index (χ3n) is 4.86. The number of anilines is 1. The van der Waals surface area contributed by atoms with E-state index in [1.807, 2.05) is 38.3 Å². The number of nitrogens with zero attached hydrogens (tertiary/aromatic N) is 2. The van der Waals surface area contributed by atoms with Crippen molar-refractivity contribution in [3.8, 4) is 11.3 Å². The standard InChI is InChI=1S/C23H21N3O5S/c1-12-9-17(14(3)30-12)19-10-18(21-13(2)26-31-22(21)25-19)23(28)29-11-20(27)24-15-5-7-16(32-4)8-6-15/h5-10H,11H2,1-4H3,(H,24,27). The Bertz CT molecular complexity index is 1310. The lowest BCUT2D eigenvalue weighted by molar-refractivity contribution is -0.119. The fourth-order valence-corrected chi connectivity index (χ4v) is 3.77. The monoisotopic (exact) mass is 451 g/mol. The van der Waals surface area contributed by atoms with Crippen LogP contribution in [-0.2, 0) is 9.53 Å². The van der Waals surface area contributed by atoms with Crippen molar-refractivity contribution in [2.24, 2.45) is 0 Å². The van der Waals surface area contributed by atoms with Crippen LogP contribution in [0.5, 0.6) is 0 Å². The summed E-state index contributed by atoms with van der Waals surface area (Å²) >= 11 is 1.61. The Hall–Kier alpha value is -3.59. The van der Waals surface area contributed by atoms with Gasteiger partial charge in [0.05, 0.1) is 22.3 Å². The van der Waals surface area contributed by atoms with Crippen molar-refractivity contribution in [1.82, 2.24) is 10.1 Å². The predicted molar refractivity (Wildman–Crippen MR) is 121 cm³/mol. The average molecular weight is 452 g/mol. The van der Waals surface area contributed by atoms with E-state index in [9.17, 15) is 9.59 Å². The highest BCUT2D eigenvalue weighted by molar-refractivity contribution is 7.98. The van der Waals surface area contributed by atoms with Gasteiger partial charge in [-0.25, -0.2) is 9.78 Å². The Morgan fingerprint density at radius 2 is 1.88 bits per heavy atom. The van der Waals surface area contributed by atoms with Crippen LogP contribution in [-0.4, -0.2) is 34.9 Å². The molecule has 1 aromatic carbocycles. The summed E-state index contributed by atoms with van der Waals surface area (Å²) in [6.45, 7) is 4.92. The van der Waals surface area contributed by atoms with Crippen LogP contribution >= 0.6 is 11.8 Å². The maximum Gasteiger partial charge on any atom is 0.339 e. The first-order chi connectivity index (χ1) is 15.4. The molecule has 4 aromatic rings. The fraction of sp³-hybridized carbons (Fsp3) is 0.217. The maximum atomic E-state index is 12.9. The summed E-state index contributed by atoms with van der Waals surface area (Å²) in [4.78, 5) is 30.7. The van der Waals surface area contributed by atoms with E-state index in [0.29, 0.717) is 28.2 Å². The SMILES string of the molecule is CSc1ccc(NC(=O)COC(=O)c2cc(-c3cc(C)oc3C)nc3onc(C)c23)cc1. The van der Waals surface area contributed by atoms with Gasteiger partial charge in [0.25, 0.3) is 11.6 Å². The summed E-state index contributed by atoms with van der Waals surface area (Å²) in [5.74, 6) is 0.274. The lowest BCUT2D eigenvalue weighted by Gasteiger charge is -2.09. The molecule has 0 atom stereocenters. The van der Waals surface area contributed by atoms with Crippen LogP contribution in [0, 0.1) is 20.8 Å². The van der Waals surface area contributed by atoms with Crippen molar-refractivity contribution < 1.29 is 23.3 Å². The molecule has 0 unspecified atom stereocenters. The zero-order chi connectivity index (χ0) is 22.8. The number of nitrogens with one attached hydrogen (secondary N) is 1. The van der Waals surface area contributed by atoms with Gasteiger partial charge in [-0.1, -0.05) is 5.16 Å². The molecular formula is C23H21N3O5S. The van der Waals surface area contributed by atoms with Crippen LogP contribution in [0.25, 0.3) is 22.4 Å². The second-order valence-electron chi connectivity index (χ2n) is 7.18. The third-order valence-corrected chi connectivity index (χ3v) is 5.61. The molecule has 1 amide bonds. The molecule has 1 N–H and O–H groups in total. The Morgan fingerprint density at radius 3 is 2.53 bits per heavy atom. The van der Waals surface area contributed by atoms with Crippen molar-refractivity contribution in [2.45, 2.75) is 25.7 Å². The Kier molecular flexibility index (Phi) is 6.00. The van der Waals surface area contributed by atoms with E-state index < -0.39 is 18.5 Å². The van der Waals surface area contributed by atoms with Gasteiger partial charge in [0, 0.05) is 16.1 Å². The first kappa shape index (κ1) is 21.6. The average Bonchev–Trinajstić information content (AvgIpc) is 3.33. The Balaban J connectivity index is 1.55. The van der Waals surface area contributed by atoms with Crippen LogP contribution in [0.1, 0.15) is 27.6 Å². The van der Waals surface area contributed by atoms with Crippen molar-refractivity contribution in [3.63, 3.8) is 0 Å². The van der Waals surface area contributed by atoms with Crippen LogP contribution in [0.2, 0.25) is 0 Å². The molecule has 0 fully saturated rings. The zero-order valence-corrected chi connectivity index (χ0v) is 18.8. The van der Waals surface area contributed by atoms with Gasteiger partial charge in [0.1, 0.15) is 11.5 Å². The molecule has 0 radical (unpaired) electrons. The van der Waals surface area contributed by atoms with Gasteiger partial charge in [-0.3, -0.25) is 4.79 Å². The van der Waals surface area contributed by atoms with E-state index in [4.69, 9.17) is 13.7 Å². The fourth-order valence-electron chi connectivity index (χ4n) is 3.36. The lowest BCUT2D eigenvalue weighted by Crippen LogP contribution is -2.21. The van der Waals surface area contributed by atoms with Gasteiger partial charge >= 0.3 is 5.97 Å². The zero-order valence-electron chi connectivity index (χ0n) is 18.0. The molecule has 3 aromatic heterocycles. The van der Waals surface area contributed by atoms with Crippen LogP contribution in [0.3, 0.4) is 0 Å². The second-order valence-corrected chi connectivity index (χ2v) is 8.06. The minimum Gasteiger partial charge on any atom is -0.466 e. The topological polar surface area (TPSA) is 107 Å². The van der Waals surface area contributed by atoms with Gasteiger partial charge in [0.15, 0.2) is 6.61 Å². The number of fused-ring (bicyclic) bond motifs is 1. The molecular weight excluding hydrogens is 430 g/mol. The number of benzene rings is 1. The lowest BCUT2D eigenvalue weighted by atomic mass is 10.1. The van der Waals surface area contributed by atoms with Crippen LogP contribution in [0.15, 0.2) is 50.2 Å². The molecule has 0 aliphatic rings. The van der Waals surface area contributed by atoms with Crippen molar-refractivity contribution in [2.75, 3.05) is 18.2 Å². The van der Waals surface area contributed by atoms with Crippen molar-refractivity contribution in [3.05, 3.63) is 59.2 Å². The van der Waals surface area contributed by atoms with Gasteiger partial charge in [0.2, 0.25) is 0 Å². The number of aryl methyl sites for hydroxylation is 3. The molecule has 3 heterocycles. The normalized spacial score (nSPS) is 11.0. The molecule has 164 valence electrons. The molecule has 32 heavy (non-hydrogen) atoms. The molecule has 9 heteroatoms. The summed E-state index contributed by atoms with van der Waals surface area (Å²) in [5.41, 5.74) is 2.79. The molecule has 0 saturated heterocycles. The van der Waals surface area contributed by atoms with E-state index >= 15 is 0 Å². The maximum absolute atomic E-state index is 12.9. The van der Waals surface area contributed by atoms with Gasteiger partial charge in [-0.2, -0.15) is 0 Å². The number of ether oxygens (including phenoxy) is 1. The highest BCUT2D eigenvalue weighted by Gasteiger charge is 2.22. The first-order valence-corrected chi connectivity index (χ1v) is 11.0. The Labute approximate surface area is 188 Å². The summed E-state index contributed by atoms with van der Waals surface area (Å²) in [7, 11) is 0. The summed E-state index contributed by atoms with van der Waals surface area (Å²) in [6.07, 6.45) is 1.97. The third kappa shape index (κ3) is 4.38. The highest BCUT2D eigenvalue weighted by atomic mass is 32.2. The molecule has 0 spiro atoms. The number of carbonyl (C=O) groups is 2. The van der Waals surface area contributed by atoms with E-state index in [1.54, 1.807) is 36.9 Å². The number of furan rings is 1. The second kappa shape index (κ2) is 8.88. The van der Waals surface area contributed by atoms with Crippen LogP contribution in [0.4, 0.5) is 5.69 Å². The van der Waals surface area contributed by atoms with E-state index in [1.165, 1.54) is 0 Å². The van der Waals surface area contributed by atoms with E-state index in [0.717, 1.165) is 16.2 Å². The quantitative estimate of drug-likeness (QED) is 0.325. The minimum atomic E-state index is -0.671. The van der Waals surface area contributed by atoms with Crippen molar-refractivity contribution in [1.29, 1.82) is 0 Å². The summed E-state index contributed by atoms with van der Waals surface area (Å²) in [5, 5.41) is 7.08. The van der Waals surface area contributed by atoms with E-state index in [-0.39, 0.29) is 11.3 Å². The number of carbonyl (C=O) groups excluding carboxylic acids is 2. The number of amides is 1. The van der Waals surface area contributed by atoms with E-state index in [2.05, 4.69) is 15.5 Å². The number of hydrogen-bond donors (Lipinski definition) is 1. The highest BCUT2D eigenvalue weighted by Crippen LogP contribution is 2.30. The smallest absolute Gasteiger partial charge is 0.339 e. The number of esters is 1. The number of hydrogen-bond acceptors (Lipinski definition) is 8. The molecule has 0 bridgehead atoms. The van der Waals surface area contributed by atoms with Crippen molar-refractivity contribution >= 4 is 40.4 Å². The van der Waals surface area contributed by atoms with Gasteiger partial charge < -0.3 is 19.0 Å². The summed E-state index contributed by atoms with van der Waals surface area (Å²) in [6, 6.07) is 10.8. The Morgan fingerprint density at radius 1 is 1.12 bits per heavy atom. The summed E-state index contributed by atoms with van der Waals surface area (Å²) < 4.78 is 16.2. The molecule has 8 nitrogen and oxygen atoms in total. The molecule has 0 aliphatic carbocycles. The van der Waals surface area contributed by atoms with Crippen LogP contribution < -0.4 is 5.32 Å². The largest absolute Gasteiger partial charge is 0.466 e. The number of thioether (sulfide) groups is 1. The van der Waals surface area contributed by atoms with Gasteiger partial charge in [-0.05, 0) is 63.4 Å². The number of aromatic nitrogens is 2. The van der Waals surface area contributed by atoms with Gasteiger partial charge in [-0.15, -0.1) is 11.8 Å². The first-order valence-electron chi connectivity index (χ1n) is 9.81. The number of rotatable bonds is 6. The molecule has 0 aliphatic heterocycles.